The lowest BCUT2D eigenvalue weighted by atomic mass is 10.2. The van der Waals surface area contributed by atoms with Crippen molar-refractivity contribution in [2.45, 2.75) is 10.8 Å². The monoisotopic (exact) mass is 319 g/mol. The van der Waals surface area contributed by atoms with Gasteiger partial charge in [-0.05, 0) is 29.8 Å². The standard InChI is InChI=1S/C17H13N5S/c1-2-4-13(5-3-1)12-23-16-7-6-15-19-20-17(22(15)21-16)14-8-10-18-11-9-14/h1-11H,12H2. The van der Waals surface area contributed by atoms with E-state index in [0.717, 1.165) is 27.8 Å². The van der Waals surface area contributed by atoms with E-state index in [1.54, 1.807) is 28.7 Å². The van der Waals surface area contributed by atoms with Gasteiger partial charge in [-0.25, -0.2) is 0 Å². The Hall–Kier alpha value is -2.73. The highest BCUT2D eigenvalue weighted by molar-refractivity contribution is 7.98. The van der Waals surface area contributed by atoms with Gasteiger partial charge in [0.25, 0.3) is 0 Å². The van der Waals surface area contributed by atoms with Crippen LogP contribution < -0.4 is 0 Å². The predicted octanol–water partition coefficient (Wildman–Crippen LogP) is 3.48. The van der Waals surface area contributed by atoms with Crippen molar-refractivity contribution in [1.29, 1.82) is 0 Å². The minimum atomic E-state index is 0.726. The van der Waals surface area contributed by atoms with E-state index < -0.39 is 0 Å². The summed E-state index contributed by atoms with van der Waals surface area (Å²) in [6.07, 6.45) is 3.48. The third-order valence-electron chi connectivity index (χ3n) is 3.41. The Morgan fingerprint density at radius 3 is 2.52 bits per heavy atom. The summed E-state index contributed by atoms with van der Waals surface area (Å²) in [6.45, 7) is 0. The molecule has 0 aliphatic carbocycles. The van der Waals surface area contributed by atoms with Gasteiger partial charge < -0.3 is 0 Å². The lowest BCUT2D eigenvalue weighted by molar-refractivity contribution is 0.860. The van der Waals surface area contributed by atoms with Crippen molar-refractivity contribution in [2.75, 3.05) is 0 Å². The van der Waals surface area contributed by atoms with Crippen LogP contribution in [0, 0.1) is 0 Å². The van der Waals surface area contributed by atoms with Crippen LogP contribution in [-0.2, 0) is 5.75 Å². The molecular formula is C17H13N5S. The van der Waals surface area contributed by atoms with Gasteiger partial charge in [-0.15, -0.1) is 10.2 Å². The minimum Gasteiger partial charge on any atom is -0.265 e. The van der Waals surface area contributed by atoms with Crippen molar-refractivity contribution in [1.82, 2.24) is 24.8 Å². The maximum atomic E-state index is 4.66. The van der Waals surface area contributed by atoms with Crippen LogP contribution in [0.3, 0.4) is 0 Å². The first kappa shape index (κ1) is 13.9. The molecule has 0 radical (unpaired) electrons. The first-order chi connectivity index (χ1) is 11.4. The van der Waals surface area contributed by atoms with Crippen LogP contribution in [0.2, 0.25) is 0 Å². The van der Waals surface area contributed by atoms with Crippen molar-refractivity contribution in [3.05, 3.63) is 72.6 Å². The summed E-state index contributed by atoms with van der Waals surface area (Å²) >= 11 is 1.70. The summed E-state index contributed by atoms with van der Waals surface area (Å²) in [4.78, 5) is 4.03. The third-order valence-corrected chi connectivity index (χ3v) is 4.40. The van der Waals surface area contributed by atoms with Crippen LogP contribution in [0.1, 0.15) is 5.56 Å². The second-order valence-corrected chi connectivity index (χ2v) is 5.97. The second kappa shape index (κ2) is 6.18. The summed E-state index contributed by atoms with van der Waals surface area (Å²) in [6, 6.07) is 18.1. The number of aromatic nitrogens is 5. The topological polar surface area (TPSA) is 56.0 Å². The summed E-state index contributed by atoms with van der Waals surface area (Å²) < 4.78 is 1.78. The molecule has 6 heteroatoms. The summed E-state index contributed by atoms with van der Waals surface area (Å²) in [7, 11) is 0. The predicted molar refractivity (Wildman–Crippen MR) is 90.0 cm³/mol. The number of pyridine rings is 1. The molecule has 4 rings (SSSR count). The highest BCUT2D eigenvalue weighted by Gasteiger charge is 2.10. The molecule has 0 N–H and O–H groups in total. The number of hydrogen-bond donors (Lipinski definition) is 0. The summed E-state index contributed by atoms with van der Waals surface area (Å²) in [5, 5.41) is 14.0. The van der Waals surface area contributed by atoms with Crippen molar-refractivity contribution < 1.29 is 0 Å². The van der Waals surface area contributed by atoms with E-state index in [1.807, 2.05) is 42.5 Å². The molecule has 1 aromatic carbocycles. The van der Waals surface area contributed by atoms with Gasteiger partial charge in [-0.3, -0.25) is 4.98 Å². The largest absolute Gasteiger partial charge is 0.265 e. The zero-order valence-electron chi connectivity index (χ0n) is 12.2. The summed E-state index contributed by atoms with van der Waals surface area (Å²) in [5.41, 5.74) is 2.96. The second-order valence-electron chi connectivity index (χ2n) is 4.98. The van der Waals surface area contributed by atoms with E-state index >= 15 is 0 Å². The van der Waals surface area contributed by atoms with Crippen molar-refractivity contribution in [3.63, 3.8) is 0 Å². The number of fused-ring (bicyclic) bond motifs is 1. The molecule has 0 bridgehead atoms. The molecule has 0 unspecified atom stereocenters. The Morgan fingerprint density at radius 1 is 0.870 bits per heavy atom. The highest BCUT2D eigenvalue weighted by Crippen LogP contribution is 2.22. The fraction of sp³-hybridized carbons (Fsp3) is 0.0588. The molecule has 4 aromatic rings. The van der Waals surface area contributed by atoms with Crippen molar-refractivity contribution >= 4 is 17.4 Å². The van der Waals surface area contributed by atoms with Crippen LogP contribution in [0.25, 0.3) is 17.0 Å². The van der Waals surface area contributed by atoms with E-state index in [1.165, 1.54) is 5.56 Å². The van der Waals surface area contributed by atoms with Gasteiger partial charge in [0.2, 0.25) is 0 Å². The first-order valence-electron chi connectivity index (χ1n) is 7.20. The van der Waals surface area contributed by atoms with Crippen LogP contribution in [-0.4, -0.2) is 24.8 Å². The molecule has 3 heterocycles. The van der Waals surface area contributed by atoms with Crippen LogP contribution >= 0.6 is 11.8 Å². The van der Waals surface area contributed by atoms with E-state index in [-0.39, 0.29) is 0 Å². The molecule has 0 fully saturated rings. The molecule has 0 spiro atoms. The Balaban J connectivity index is 1.65. The third kappa shape index (κ3) is 2.93. The number of thioether (sulfide) groups is 1. The van der Waals surface area contributed by atoms with E-state index in [0.29, 0.717) is 0 Å². The lowest BCUT2D eigenvalue weighted by Crippen LogP contribution is -1.96. The SMILES string of the molecule is c1ccc(CSc2ccc3nnc(-c4ccncc4)n3n2)cc1. The smallest absolute Gasteiger partial charge is 0.185 e. The number of hydrogen-bond acceptors (Lipinski definition) is 5. The fourth-order valence-electron chi connectivity index (χ4n) is 2.26. The highest BCUT2D eigenvalue weighted by atomic mass is 32.2. The molecule has 112 valence electrons. The number of rotatable bonds is 4. The van der Waals surface area contributed by atoms with Crippen LogP contribution in [0.15, 0.2) is 72.0 Å². The first-order valence-corrected chi connectivity index (χ1v) is 8.18. The van der Waals surface area contributed by atoms with E-state index in [4.69, 9.17) is 0 Å². The van der Waals surface area contributed by atoms with Gasteiger partial charge in [0.05, 0.1) is 0 Å². The maximum Gasteiger partial charge on any atom is 0.185 e. The van der Waals surface area contributed by atoms with E-state index in [9.17, 15) is 0 Å². The zero-order valence-corrected chi connectivity index (χ0v) is 13.0. The Labute approximate surface area is 137 Å². The molecule has 0 amide bonds. The average Bonchev–Trinajstić information content (AvgIpc) is 3.05. The molecular weight excluding hydrogens is 306 g/mol. The quantitative estimate of drug-likeness (QED) is 0.539. The molecule has 0 saturated heterocycles. The molecule has 23 heavy (non-hydrogen) atoms. The van der Waals surface area contributed by atoms with Gasteiger partial charge in [0.1, 0.15) is 5.03 Å². The van der Waals surface area contributed by atoms with Gasteiger partial charge in [0.15, 0.2) is 11.5 Å². The number of benzene rings is 1. The van der Waals surface area contributed by atoms with Gasteiger partial charge in [-0.2, -0.15) is 9.61 Å². The van der Waals surface area contributed by atoms with Gasteiger partial charge in [0, 0.05) is 23.7 Å². The van der Waals surface area contributed by atoms with E-state index in [2.05, 4.69) is 32.4 Å². The average molecular weight is 319 g/mol. The number of nitrogens with zero attached hydrogens (tertiary/aromatic N) is 5. The van der Waals surface area contributed by atoms with Gasteiger partial charge in [-0.1, -0.05) is 42.1 Å². The maximum absolute atomic E-state index is 4.66. The van der Waals surface area contributed by atoms with Crippen molar-refractivity contribution in [2.24, 2.45) is 0 Å². The van der Waals surface area contributed by atoms with Gasteiger partial charge >= 0.3 is 0 Å². The Morgan fingerprint density at radius 2 is 1.70 bits per heavy atom. The van der Waals surface area contributed by atoms with Crippen LogP contribution in [0.4, 0.5) is 0 Å². The normalized spacial score (nSPS) is 11.0. The molecule has 0 saturated carbocycles. The Bertz CT molecular complexity index is 922. The summed E-state index contributed by atoms with van der Waals surface area (Å²) in [5.74, 6) is 1.61. The molecule has 5 nitrogen and oxygen atoms in total. The molecule has 0 atom stereocenters. The fourth-order valence-corrected chi connectivity index (χ4v) is 3.07. The minimum absolute atomic E-state index is 0.726. The molecule has 3 aromatic heterocycles. The lowest BCUT2D eigenvalue weighted by Gasteiger charge is -2.03. The zero-order chi connectivity index (χ0) is 15.5. The van der Waals surface area contributed by atoms with Crippen LogP contribution in [0.5, 0.6) is 0 Å². The molecule has 0 aliphatic heterocycles. The van der Waals surface area contributed by atoms with Crippen molar-refractivity contribution in [3.8, 4) is 11.4 Å². The Kier molecular flexibility index (Phi) is 3.73. The molecule has 0 aliphatic rings.